The van der Waals surface area contributed by atoms with Crippen LogP contribution in [0.3, 0.4) is 0 Å². The molecule has 0 aliphatic carbocycles. The average Bonchev–Trinajstić information content (AvgIpc) is 3.07. The summed E-state index contributed by atoms with van der Waals surface area (Å²) in [7, 11) is 1.67. The van der Waals surface area contributed by atoms with E-state index in [1.165, 1.54) is 5.56 Å². The van der Waals surface area contributed by atoms with Gasteiger partial charge in [0.05, 0.1) is 18.7 Å². The predicted molar refractivity (Wildman–Crippen MR) is 92.9 cm³/mol. The maximum atomic E-state index is 9.01. The lowest BCUT2D eigenvalue weighted by molar-refractivity contribution is 0.414. The summed E-state index contributed by atoms with van der Waals surface area (Å²) in [5, 5.41) is 9.01. The van der Waals surface area contributed by atoms with Crippen LogP contribution in [-0.4, -0.2) is 16.7 Å². The fourth-order valence-corrected chi connectivity index (χ4v) is 2.70. The Kier molecular flexibility index (Phi) is 4.93. The van der Waals surface area contributed by atoms with Crippen LogP contribution in [0.4, 0.5) is 0 Å². The van der Waals surface area contributed by atoms with Crippen molar-refractivity contribution in [1.29, 1.82) is 5.26 Å². The molecule has 0 N–H and O–H groups in total. The molecule has 0 radical (unpaired) electrons. The van der Waals surface area contributed by atoms with E-state index in [1.54, 1.807) is 7.11 Å². The standard InChI is InChI=1S/C20H19N3O/c1-24-19-8-5-16(6-9-19)7-10-20-22-11-12-23(20)15-18-4-2-3-17(13-18)14-21/h2-6,8-9,11-13H,7,10,15H2,1H3. The van der Waals surface area contributed by atoms with Crippen molar-refractivity contribution in [2.45, 2.75) is 19.4 Å². The zero-order valence-electron chi connectivity index (χ0n) is 13.6. The molecule has 120 valence electrons. The maximum Gasteiger partial charge on any atom is 0.118 e. The number of aromatic nitrogens is 2. The summed E-state index contributed by atoms with van der Waals surface area (Å²) in [5.74, 6) is 1.92. The van der Waals surface area contributed by atoms with E-state index < -0.39 is 0 Å². The zero-order chi connectivity index (χ0) is 16.8. The van der Waals surface area contributed by atoms with E-state index in [4.69, 9.17) is 10.00 Å². The summed E-state index contributed by atoms with van der Waals surface area (Å²) in [4.78, 5) is 4.48. The van der Waals surface area contributed by atoms with Gasteiger partial charge in [-0.25, -0.2) is 4.98 Å². The quantitative estimate of drug-likeness (QED) is 0.698. The molecule has 0 spiro atoms. The van der Waals surface area contributed by atoms with Gasteiger partial charge in [0.15, 0.2) is 0 Å². The Morgan fingerprint density at radius 3 is 2.67 bits per heavy atom. The molecule has 0 saturated carbocycles. The first-order valence-corrected chi connectivity index (χ1v) is 7.90. The molecule has 3 aromatic rings. The van der Waals surface area contributed by atoms with Gasteiger partial charge in [-0.15, -0.1) is 0 Å². The van der Waals surface area contributed by atoms with Gasteiger partial charge < -0.3 is 9.30 Å². The highest BCUT2D eigenvalue weighted by Crippen LogP contribution is 2.14. The van der Waals surface area contributed by atoms with Crippen LogP contribution in [-0.2, 0) is 19.4 Å². The van der Waals surface area contributed by atoms with Crippen LogP contribution in [0.5, 0.6) is 5.75 Å². The second-order valence-corrected chi connectivity index (χ2v) is 5.63. The lowest BCUT2D eigenvalue weighted by Gasteiger charge is -2.09. The first kappa shape index (κ1) is 15.8. The summed E-state index contributed by atoms with van der Waals surface area (Å²) >= 11 is 0. The van der Waals surface area contributed by atoms with Gasteiger partial charge in [0.25, 0.3) is 0 Å². The second kappa shape index (κ2) is 7.47. The first-order valence-electron chi connectivity index (χ1n) is 7.90. The summed E-state index contributed by atoms with van der Waals surface area (Å²) in [6.07, 6.45) is 5.62. The van der Waals surface area contributed by atoms with Gasteiger partial charge in [-0.2, -0.15) is 5.26 Å². The number of imidazole rings is 1. The van der Waals surface area contributed by atoms with E-state index >= 15 is 0 Å². The van der Waals surface area contributed by atoms with Crippen molar-refractivity contribution in [1.82, 2.24) is 9.55 Å². The number of rotatable bonds is 6. The van der Waals surface area contributed by atoms with E-state index in [-0.39, 0.29) is 0 Å². The van der Waals surface area contributed by atoms with Crippen LogP contribution in [0.2, 0.25) is 0 Å². The normalized spacial score (nSPS) is 10.3. The minimum absolute atomic E-state index is 0.687. The summed E-state index contributed by atoms with van der Waals surface area (Å²) in [6, 6.07) is 18.0. The number of aryl methyl sites for hydroxylation is 2. The van der Waals surface area contributed by atoms with Gasteiger partial charge in [-0.05, 0) is 41.8 Å². The molecule has 1 aromatic heterocycles. The van der Waals surface area contributed by atoms with Gasteiger partial charge >= 0.3 is 0 Å². The third-order valence-electron chi connectivity index (χ3n) is 4.01. The summed E-state index contributed by atoms with van der Waals surface area (Å²) in [6.45, 7) is 0.730. The number of methoxy groups -OCH3 is 1. The largest absolute Gasteiger partial charge is 0.497 e. The lowest BCUT2D eigenvalue weighted by Crippen LogP contribution is -2.06. The Bertz CT molecular complexity index is 844. The molecular formula is C20H19N3O. The monoisotopic (exact) mass is 317 g/mol. The van der Waals surface area contributed by atoms with Crippen LogP contribution in [0.15, 0.2) is 60.9 Å². The van der Waals surface area contributed by atoms with Crippen LogP contribution in [0.1, 0.15) is 22.5 Å². The third-order valence-corrected chi connectivity index (χ3v) is 4.01. The minimum atomic E-state index is 0.687. The van der Waals surface area contributed by atoms with Crippen molar-refractivity contribution < 1.29 is 4.74 Å². The molecule has 0 bridgehead atoms. The highest BCUT2D eigenvalue weighted by atomic mass is 16.5. The molecule has 0 fully saturated rings. The molecule has 0 aliphatic heterocycles. The van der Waals surface area contributed by atoms with Gasteiger partial charge in [0, 0.05) is 25.4 Å². The minimum Gasteiger partial charge on any atom is -0.497 e. The Morgan fingerprint density at radius 2 is 1.92 bits per heavy atom. The molecule has 0 aliphatic rings. The Morgan fingerprint density at radius 1 is 1.08 bits per heavy atom. The Hall–Kier alpha value is -3.06. The van der Waals surface area contributed by atoms with Crippen molar-refractivity contribution in [2.24, 2.45) is 0 Å². The molecule has 2 aromatic carbocycles. The number of nitriles is 1. The SMILES string of the molecule is COc1ccc(CCc2nccn2Cc2cccc(C#N)c2)cc1. The average molecular weight is 317 g/mol. The molecule has 0 atom stereocenters. The second-order valence-electron chi connectivity index (χ2n) is 5.63. The molecule has 0 unspecified atom stereocenters. The van der Waals surface area contributed by atoms with E-state index in [2.05, 4.69) is 27.8 Å². The van der Waals surface area contributed by atoms with Crippen molar-refractivity contribution in [3.05, 3.63) is 83.4 Å². The van der Waals surface area contributed by atoms with E-state index in [9.17, 15) is 0 Å². The van der Waals surface area contributed by atoms with Crippen molar-refractivity contribution in [2.75, 3.05) is 7.11 Å². The number of hydrogen-bond acceptors (Lipinski definition) is 3. The fraction of sp³-hybridized carbons (Fsp3) is 0.200. The first-order chi connectivity index (χ1) is 11.8. The van der Waals surface area contributed by atoms with Crippen LogP contribution in [0.25, 0.3) is 0 Å². The van der Waals surface area contributed by atoms with Gasteiger partial charge in [0.2, 0.25) is 0 Å². The predicted octanol–water partition coefficient (Wildman–Crippen LogP) is 3.60. The van der Waals surface area contributed by atoms with Crippen molar-refractivity contribution in [3.63, 3.8) is 0 Å². The highest BCUT2D eigenvalue weighted by molar-refractivity contribution is 5.33. The van der Waals surface area contributed by atoms with Crippen LogP contribution >= 0.6 is 0 Å². The summed E-state index contributed by atoms with van der Waals surface area (Å²) in [5.41, 5.74) is 3.06. The van der Waals surface area contributed by atoms with E-state index in [0.29, 0.717) is 5.56 Å². The topological polar surface area (TPSA) is 50.8 Å². The fourth-order valence-electron chi connectivity index (χ4n) is 2.70. The molecule has 1 heterocycles. The zero-order valence-corrected chi connectivity index (χ0v) is 13.6. The van der Waals surface area contributed by atoms with Crippen molar-refractivity contribution >= 4 is 0 Å². The number of ether oxygens (including phenoxy) is 1. The molecule has 4 heteroatoms. The van der Waals surface area contributed by atoms with Gasteiger partial charge in [-0.1, -0.05) is 24.3 Å². The number of benzene rings is 2. The van der Waals surface area contributed by atoms with Crippen LogP contribution in [0, 0.1) is 11.3 Å². The number of hydrogen-bond donors (Lipinski definition) is 0. The smallest absolute Gasteiger partial charge is 0.118 e. The van der Waals surface area contributed by atoms with E-state index in [1.807, 2.05) is 48.8 Å². The maximum absolute atomic E-state index is 9.01. The van der Waals surface area contributed by atoms with Crippen LogP contribution < -0.4 is 4.74 Å². The lowest BCUT2D eigenvalue weighted by atomic mass is 10.1. The molecule has 24 heavy (non-hydrogen) atoms. The Balaban J connectivity index is 1.67. The molecule has 0 amide bonds. The third kappa shape index (κ3) is 3.82. The highest BCUT2D eigenvalue weighted by Gasteiger charge is 2.05. The Labute approximate surface area is 142 Å². The molecule has 4 nitrogen and oxygen atoms in total. The summed E-state index contributed by atoms with van der Waals surface area (Å²) < 4.78 is 7.32. The van der Waals surface area contributed by atoms with E-state index in [0.717, 1.165) is 36.5 Å². The van der Waals surface area contributed by atoms with Gasteiger partial charge in [0.1, 0.15) is 11.6 Å². The molecule has 0 saturated heterocycles. The van der Waals surface area contributed by atoms with Crippen molar-refractivity contribution in [3.8, 4) is 11.8 Å². The molecular weight excluding hydrogens is 298 g/mol. The number of nitrogens with zero attached hydrogens (tertiary/aromatic N) is 3. The molecule has 3 rings (SSSR count). The van der Waals surface area contributed by atoms with Gasteiger partial charge in [-0.3, -0.25) is 0 Å².